The molecule has 2 N–H and O–H groups in total. The number of phosphoric ester groups is 1. The van der Waals surface area contributed by atoms with Crippen molar-refractivity contribution in [1.82, 2.24) is 5.32 Å². The fraction of sp³-hybridized carbons (Fsp3) is 0.802. The van der Waals surface area contributed by atoms with Gasteiger partial charge in [-0.05, 0) is 77.0 Å². The Morgan fingerprint density at radius 3 is 0.937 bits per heavy atom. The van der Waals surface area contributed by atoms with E-state index in [4.69, 9.17) is 9.05 Å². The second kappa shape index (κ2) is 75.6. The number of hydrogen-bond acceptors (Lipinski definition) is 6. The highest BCUT2D eigenvalue weighted by Gasteiger charge is 2.23. The summed E-state index contributed by atoms with van der Waals surface area (Å²) in [6.45, 7) is 4.59. The summed E-state index contributed by atoms with van der Waals surface area (Å²) < 4.78 is 23.5. The van der Waals surface area contributed by atoms with Crippen LogP contribution in [0.5, 0.6) is 0 Å². The molecule has 1 amide bonds. The minimum atomic E-state index is -4.61. The first-order chi connectivity index (χ1) is 46.5. The molecule has 0 spiro atoms. The molecule has 0 bridgehead atoms. The van der Waals surface area contributed by atoms with Crippen LogP contribution in [-0.4, -0.2) is 68.5 Å². The molecular formula is C86H159N2O6P. The third kappa shape index (κ3) is 78.6. The van der Waals surface area contributed by atoms with Crippen LogP contribution in [0.4, 0.5) is 0 Å². The predicted molar refractivity (Wildman–Crippen MR) is 417 cm³/mol. The number of nitrogens with one attached hydrogen (secondary N) is 1. The maximum atomic E-state index is 13.1. The van der Waals surface area contributed by atoms with Crippen molar-refractivity contribution in [3.8, 4) is 0 Å². The van der Waals surface area contributed by atoms with Crippen molar-refractivity contribution in [2.75, 3.05) is 40.9 Å². The largest absolute Gasteiger partial charge is 0.756 e. The quantitative estimate of drug-likeness (QED) is 0.0272. The van der Waals surface area contributed by atoms with Gasteiger partial charge in [-0.2, -0.15) is 0 Å². The van der Waals surface area contributed by atoms with E-state index in [1.54, 1.807) is 6.08 Å². The second-order valence-electron chi connectivity index (χ2n) is 29.1. The van der Waals surface area contributed by atoms with E-state index in [1.165, 1.54) is 289 Å². The van der Waals surface area contributed by atoms with Crippen LogP contribution in [0.15, 0.2) is 97.2 Å². The number of aliphatic hydroxyl groups is 1. The van der Waals surface area contributed by atoms with Crippen LogP contribution < -0.4 is 10.2 Å². The summed E-state index contributed by atoms with van der Waals surface area (Å²) in [5.74, 6) is -0.192. The molecule has 0 aliphatic heterocycles. The van der Waals surface area contributed by atoms with Crippen molar-refractivity contribution in [3.63, 3.8) is 0 Å². The number of likely N-dealkylation sites (N-methyl/N-ethyl adjacent to an activating group) is 1. The molecule has 3 unspecified atom stereocenters. The number of phosphoric acid groups is 1. The van der Waals surface area contributed by atoms with Crippen LogP contribution in [0.2, 0.25) is 0 Å². The summed E-state index contributed by atoms with van der Waals surface area (Å²) in [6.07, 6.45) is 110. The summed E-state index contributed by atoms with van der Waals surface area (Å²) >= 11 is 0. The highest BCUT2D eigenvalue weighted by atomic mass is 31.2. The van der Waals surface area contributed by atoms with Gasteiger partial charge in [0, 0.05) is 6.42 Å². The number of hydrogen-bond donors (Lipinski definition) is 2. The summed E-state index contributed by atoms with van der Waals surface area (Å²) in [4.78, 5) is 25.7. The van der Waals surface area contributed by atoms with Crippen molar-refractivity contribution < 1.29 is 32.9 Å². The highest BCUT2D eigenvalue weighted by Crippen LogP contribution is 2.38. The van der Waals surface area contributed by atoms with Crippen molar-refractivity contribution in [3.05, 3.63) is 97.2 Å². The predicted octanol–water partition coefficient (Wildman–Crippen LogP) is 26.5. The standard InChI is InChI=1S/C86H159N2O6P/c1-6-8-10-12-14-16-18-20-22-24-26-28-30-32-34-36-38-40-41-42-43-44-45-46-47-48-50-52-54-56-58-60-62-64-66-68-70-72-74-76-78-80-86(90)87-84(83-94-95(91,92)93-82-81-88(3,4)5)85(89)79-77-75-73-71-69-67-65-63-61-59-57-55-53-51-49-39-37-35-33-31-29-27-25-23-21-19-17-15-13-11-9-7-2/h8,10,14,16,20,22,26,28,32,34,38,40,42-43,77,79,84-85,89H,6-7,9,11-13,15,17-19,21,23-25,27,29-31,33,35-37,39,41,44-76,78,80-83H2,1-5H3,(H-,87,90,91,92)/b10-8-,16-14-,22-20-,28-26-,34-32-,40-38-,43-42-,79-77+. The van der Waals surface area contributed by atoms with Gasteiger partial charge in [0.15, 0.2) is 0 Å². The number of amides is 1. The maximum absolute atomic E-state index is 13.1. The van der Waals surface area contributed by atoms with Crippen LogP contribution in [0.1, 0.15) is 393 Å². The summed E-state index contributed by atoms with van der Waals surface area (Å²) in [5.41, 5.74) is 0. The van der Waals surface area contributed by atoms with E-state index in [1.807, 2.05) is 27.2 Å². The summed E-state index contributed by atoms with van der Waals surface area (Å²) in [5, 5.41) is 14.0. The highest BCUT2D eigenvalue weighted by molar-refractivity contribution is 7.45. The number of quaternary nitrogens is 1. The van der Waals surface area contributed by atoms with Gasteiger partial charge in [0.05, 0.1) is 39.9 Å². The lowest BCUT2D eigenvalue weighted by atomic mass is 10.0. The number of unbranched alkanes of at least 4 members (excludes halogenated alkanes) is 49. The molecule has 0 saturated heterocycles. The van der Waals surface area contributed by atoms with Gasteiger partial charge >= 0.3 is 0 Å². The van der Waals surface area contributed by atoms with Crippen molar-refractivity contribution in [2.45, 2.75) is 405 Å². The molecule has 0 aromatic rings. The van der Waals surface area contributed by atoms with Crippen LogP contribution in [-0.2, 0) is 18.4 Å². The summed E-state index contributed by atoms with van der Waals surface area (Å²) in [6, 6.07) is -0.892. The number of carbonyl (C=O) groups excluding carboxylic acids is 1. The smallest absolute Gasteiger partial charge is 0.268 e. The van der Waals surface area contributed by atoms with Gasteiger partial charge in [0.1, 0.15) is 13.2 Å². The maximum Gasteiger partial charge on any atom is 0.268 e. The fourth-order valence-electron chi connectivity index (χ4n) is 12.3. The Morgan fingerprint density at radius 1 is 0.379 bits per heavy atom. The van der Waals surface area contributed by atoms with Gasteiger partial charge in [0.25, 0.3) is 7.82 Å². The van der Waals surface area contributed by atoms with E-state index in [2.05, 4.69) is 104 Å². The number of nitrogens with zero attached hydrogens (tertiary/aromatic N) is 1. The van der Waals surface area contributed by atoms with Crippen LogP contribution >= 0.6 is 7.82 Å². The van der Waals surface area contributed by atoms with Crippen LogP contribution in [0.25, 0.3) is 0 Å². The van der Waals surface area contributed by atoms with Crippen LogP contribution in [0.3, 0.4) is 0 Å². The van der Waals surface area contributed by atoms with Crippen LogP contribution in [0, 0.1) is 0 Å². The van der Waals surface area contributed by atoms with Crippen molar-refractivity contribution >= 4 is 13.7 Å². The number of rotatable bonds is 76. The Hall–Kier alpha value is -2.58. The molecule has 3 atom stereocenters. The lowest BCUT2D eigenvalue weighted by molar-refractivity contribution is -0.870. The number of carbonyl (C=O) groups is 1. The number of allylic oxidation sites excluding steroid dienone is 15. The van der Waals surface area contributed by atoms with E-state index in [0.29, 0.717) is 17.4 Å². The zero-order chi connectivity index (χ0) is 69.0. The van der Waals surface area contributed by atoms with Gasteiger partial charge in [-0.15, -0.1) is 0 Å². The van der Waals surface area contributed by atoms with Gasteiger partial charge in [-0.25, -0.2) is 0 Å². The molecule has 0 radical (unpaired) electrons. The Kier molecular flexibility index (Phi) is 73.6. The Labute approximate surface area is 591 Å². The fourth-order valence-corrected chi connectivity index (χ4v) is 13.0. The molecule has 0 heterocycles. The molecule has 0 aromatic heterocycles. The van der Waals surface area contributed by atoms with E-state index in [9.17, 15) is 19.4 Å². The van der Waals surface area contributed by atoms with E-state index >= 15 is 0 Å². The van der Waals surface area contributed by atoms with Gasteiger partial charge in [-0.1, -0.05) is 406 Å². The monoisotopic (exact) mass is 1350 g/mol. The minimum absolute atomic E-state index is 0.00158. The molecule has 0 saturated carbocycles. The third-order valence-corrected chi connectivity index (χ3v) is 19.5. The van der Waals surface area contributed by atoms with Gasteiger partial charge in [0.2, 0.25) is 5.91 Å². The lowest BCUT2D eigenvalue weighted by Crippen LogP contribution is -2.45. The summed E-state index contributed by atoms with van der Waals surface area (Å²) in [7, 11) is 1.27. The number of aliphatic hydroxyl groups excluding tert-OH is 1. The molecule has 0 aliphatic rings. The molecule has 554 valence electrons. The molecule has 8 nitrogen and oxygen atoms in total. The normalized spacial score (nSPS) is 14.0. The first-order valence-corrected chi connectivity index (χ1v) is 42.6. The molecule has 95 heavy (non-hydrogen) atoms. The van der Waals surface area contributed by atoms with Gasteiger partial charge in [-0.3, -0.25) is 9.36 Å². The second-order valence-corrected chi connectivity index (χ2v) is 30.5. The first kappa shape index (κ1) is 92.4. The minimum Gasteiger partial charge on any atom is -0.756 e. The molecule has 9 heteroatoms. The SMILES string of the molecule is CC/C=C\C/C=C\C/C=C\C/C=C\C/C=C\C/C=C\C/C=C\CCCCCCCCCCCCCCCCCCCCCC(=O)NC(COP(=O)([O-])OCC[N+](C)(C)C)C(O)/C=C/CCCCCCCCCCCCCCCCCCCCCCCCCCCCCCCC. The molecule has 0 aliphatic carbocycles. The Balaban J connectivity index is 3.96. The van der Waals surface area contributed by atoms with Crippen molar-refractivity contribution in [1.29, 1.82) is 0 Å². The Morgan fingerprint density at radius 2 is 0.642 bits per heavy atom. The molecular weight excluding hydrogens is 1190 g/mol. The first-order valence-electron chi connectivity index (χ1n) is 41.1. The van der Waals surface area contributed by atoms with E-state index < -0.39 is 20.0 Å². The average molecular weight is 1350 g/mol. The lowest BCUT2D eigenvalue weighted by Gasteiger charge is -2.29. The Bertz CT molecular complexity index is 1880. The third-order valence-electron chi connectivity index (χ3n) is 18.5. The van der Waals surface area contributed by atoms with Crippen molar-refractivity contribution in [2.24, 2.45) is 0 Å². The average Bonchev–Trinajstić information content (AvgIpc) is 2.01. The van der Waals surface area contributed by atoms with E-state index in [-0.39, 0.29) is 19.1 Å². The molecule has 0 rings (SSSR count). The molecule has 0 fully saturated rings. The zero-order valence-corrected chi connectivity index (χ0v) is 64.5. The topological polar surface area (TPSA) is 108 Å². The zero-order valence-electron chi connectivity index (χ0n) is 63.6. The van der Waals surface area contributed by atoms with E-state index in [0.717, 1.165) is 83.5 Å². The van der Waals surface area contributed by atoms with Gasteiger partial charge < -0.3 is 28.8 Å². The molecule has 0 aromatic carbocycles.